The predicted octanol–water partition coefficient (Wildman–Crippen LogP) is 4.23. The maximum atomic E-state index is 13.2. The van der Waals surface area contributed by atoms with Gasteiger partial charge in [-0.25, -0.2) is 4.39 Å². The minimum absolute atomic E-state index is 0.229. The molecule has 0 N–H and O–H groups in total. The molecular formula is C10H9BrClF. The monoisotopic (exact) mass is 262 g/mol. The number of rotatable bonds is 2. The van der Waals surface area contributed by atoms with Gasteiger partial charge < -0.3 is 0 Å². The predicted molar refractivity (Wildman–Crippen MR) is 58.5 cm³/mol. The van der Waals surface area contributed by atoms with Gasteiger partial charge in [0.05, 0.1) is 0 Å². The topological polar surface area (TPSA) is 0 Å². The van der Waals surface area contributed by atoms with E-state index in [1.165, 1.54) is 6.07 Å². The highest BCUT2D eigenvalue weighted by molar-refractivity contribution is 9.10. The molecule has 0 unspecified atom stereocenters. The van der Waals surface area contributed by atoms with Crippen molar-refractivity contribution < 1.29 is 4.39 Å². The second-order valence-corrected chi connectivity index (χ2v) is 3.97. The average Bonchev–Trinajstić information content (AvgIpc) is 2.11. The SMILES string of the molecule is CC(=Cc1cc(Br)ccc1F)CCl. The Morgan fingerprint density at radius 1 is 1.62 bits per heavy atom. The third kappa shape index (κ3) is 3.12. The van der Waals surface area contributed by atoms with E-state index in [0.29, 0.717) is 11.4 Å². The summed E-state index contributed by atoms with van der Waals surface area (Å²) in [5.41, 5.74) is 1.51. The van der Waals surface area contributed by atoms with E-state index in [4.69, 9.17) is 11.6 Å². The summed E-state index contributed by atoms with van der Waals surface area (Å²) in [6.07, 6.45) is 1.74. The summed E-state index contributed by atoms with van der Waals surface area (Å²) >= 11 is 8.87. The van der Waals surface area contributed by atoms with Gasteiger partial charge in [0.1, 0.15) is 5.82 Å². The fourth-order valence-electron chi connectivity index (χ4n) is 0.929. The zero-order valence-corrected chi connectivity index (χ0v) is 9.49. The van der Waals surface area contributed by atoms with Crippen molar-refractivity contribution in [3.05, 3.63) is 39.6 Å². The van der Waals surface area contributed by atoms with E-state index in [-0.39, 0.29) is 5.82 Å². The molecule has 0 atom stereocenters. The zero-order chi connectivity index (χ0) is 9.84. The molecule has 0 radical (unpaired) electrons. The first-order valence-electron chi connectivity index (χ1n) is 3.81. The van der Waals surface area contributed by atoms with Gasteiger partial charge in [-0.05, 0) is 25.1 Å². The molecule has 0 saturated heterocycles. The summed E-state index contributed by atoms with van der Waals surface area (Å²) in [4.78, 5) is 0. The van der Waals surface area contributed by atoms with Gasteiger partial charge in [-0.3, -0.25) is 0 Å². The molecule has 13 heavy (non-hydrogen) atoms. The molecule has 1 aromatic rings. The minimum atomic E-state index is -0.229. The van der Waals surface area contributed by atoms with Crippen LogP contribution in [-0.4, -0.2) is 5.88 Å². The van der Waals surface area contributed by atoms with E-state index >= 15 is 0 Å². The van der Waals surface area contributed by atoms with Crippen LogP contribution in [0, 0.1) is 5.82 Å². The lowest BCUT2D eigenvalue weighted by molar-refractivity contribution is 0.624. The molecule has 0 aliphatic carbocycles. The Kier molecular flexibility index (Phi) is 3.94. The number of alkyl halides is 1. The van der Waals surface area contributed by atoms with E-state index < -0.39 is 0 Å². The van der Waals surface area contributed by atoms with Gasteiger partial charge in [-0.1, -0.05) is 27.6 Å². The summed E-state index contributed by atoms with van der Waals surface area (Å²) in [5.74, 6) is 0.194. The quantitative estimate of drug-likeness (QED) is 0.701. The van der Waals surface area contributed by atoms with Crippen molar-refractivity contribution in [2.24, 2.45) is 0 Å². The normalized spacial score (nSPS) is 11.8. The lowest BCUT2D eigenvalue weighted by Gasteiger charge is -1.99. The molecule has 0 fully saturated rings. The van der Waals surface area contributed by atoms with Crippen LogP contribution in [0.15, 0.2) is 28.2 Å². The van der Waals surface area contributed by atoms with Crippen LogP contribution in [0.25, 0.3) is 6.08 Å². The van der Waals surface area contributed by atoms with Gasteiger partial charge in [0.25, 0.3) is 0 Å². The third-order valence-corrected chi connectivity index (χ3v) is 2.49. The lowest BCUT2D eigenvalue weighted by atomic mass is 10.1. The average molecular weight is 264 g/mol. The Balaban J connectivity index is 3.07. The molecule has 70 valence electrons. The van der Waals surface area contributed by atoms with Crippen molar-refractivity contribution in [3.8, 4) is 0 Å². The maximum Gasteiger partial charge on any atom is 0.130 e. The number of allylic oxidation sites excluding steroid dienone is 1. The van der Waals surface area contributed by atoms with Gasteiger partial charge in [0.2, 0.25) is 0 Å². The van der Waals surface area contributed by atoms with Gasteiger partial charge in [0.15, 0.2) is 0 Å². The number of hydrogen-bond acceptors (Lipinski definition) is 0. The van der Waals surface area contributed by atoms with Crippen LogP contribution < -0.4 is 0 Å². The molecule has 0 heterocycles. The van der Waals surface area contributed by atoms with E-state index in [0.717, 1.165) is 10.0 Å². The van der Waals surface area contributed by atoms with Crippen molar-refractivity contribution >= 4 is 33.6 Å². The zero-order valence-electron chi connectivity index (χ0n) is 7.15. The van der Waals surface area contributed by atoms with Crippen LogP contribution in [0.1, 0.15) is 12.5 Å². The van der Waals surface area contributed by atoms with Crippen molar-refractivity contribution in [1.29, 1.82) is 0 Å². The first-order chi connectivity index (χ1) is 6.13. The van der Waals surface area contributed by atoms with Crippen LogP contribution in [0.4, 0.5) is 4.39 Å². The fraction of sp³-hybridized carbons (Fsp3) is 0.200. The largest absolute Gasteiger partial charge is 0.206 e. The van der Waals surface area contributed by atoms with E-state index in [2.05, 4.69) is 15.9 Å². The third-order valence-electron chi connectivity index (χ3n) is 1.57. The molecule has 0 saturated carbocycles. The Morgan fingerprint density at radius 2 is 2.31 bits per heavy atom. The molecule has 1 aromatic carbocycles. The number of benzene rings is 1. The minimum Gasteiger partial charge on any atom is -0.206 e. The van der Waals surface area contributed by atoms with Crippen LogP contribution in [-0.2, 0) is 0 Å². The molecule has 0 aliphatic rings. The highest BCUT2D eigenvalue weighted by atomic mass is 79.9. The Morgan fingerprint density at radius 3 is 2.92 bits per heavy atom. The Labute approximate surface area is 90.5 Å². The Hall–Kier alpha value is -0.340. The van der Waals surface area contributed by atoms with Crippen molar-refractivity contribution in [1.82, 2.24) is 0 Å². The van der Waals surface area contributed by atoms with E-state index in [1.807, 2.05) is 6.92 Å². The molecule has 0 amide bonds. The standard InChI is InChI=1S/C10H9BrClF/c1-7(6-12)4-8-5-9(11)2-3-10(8)13/h2-5H,6H2,1H3. The van der Waals surface area contributed by atoms with Crippen molar-refractivity contribution in [2.45, 2.75) is 6.92 Å². The van der Waals surface area contributed by atoms with Crippen LogP contribution in [0.5, 0.6) is 0 Å². The number of halogens is 3. The van der Waals surface area contributed by atoms with Gasteiger partial charge in [0, 0.05) is 15.9 Å². The van der Waals surface area contributed by atoms with Crippen LogP contribution in [0.2, 0.25) is 0 Å². The summed E-state index contributed by atoms with van der Waals surface area (Å²) in [7, 11) is 0. The smallest absolute Gasteiger partial charge is 0.130 e. The summed E-state index contributed by atoms with van der Waals surface area (Å²) in [6, 6.07) is 4.82. The first kappa shape index (κ1) is 10.7. The molecule has 0 spiro atoms. The molecule has 0 bridgehead atoms. The van der Waals surface area contributed by atoms with Gasteiger partial charge in [-0.2, -0.15) is 0 Å². The number of hydrogen-bond donors (Lipinski definition) is 0. The summed E-state index contributed by atoms with van der Waals surface area (Å²) in [5, 5.41) is 0. The fourth-order valence-corrected chi connectivity index (χ4v) is 1.39. The van der Waals surface area contributed by atoms with Gasteiger partial charge >= 0.3 is 0 Å². The molecule has 3 heteroatoms. The lowest BCUT2D eigenvalue weighted by Crippen LogP contribution is -1.84. The summed E-state index contributed by atoms with van der Waals surface area (Å²) in [6.45, 7) is 1.87. The van der Waals surface area contributed by atoms with E-state index in [9.17, 15) is 4.39 Å². The van der Waals surface area contributed by atoms with Crippen LogP contribution >= 0.6 is 27.5 Å². The van der Waals surface area contributed by atoms with Crippen molar-refractivity contribution in [2.75, 3.05) is 5.88 Å². The molecular weight excluding hydrogens is 254 g/mol. The highest BCUT2D eigenvalue weighted by Crippen LogP contribution is 2.18. The molecule has 0 nitrogen and oxygen atoms in total. The molecule has 0 aromatic heterocycles. The van der Waals surface area contributed by atoms with Crippen LogP contribution in [0.3, 0.4) is 0 Å². The molecule has 0 aliphatic heterocycles. The molecule has 1 rings (SSSR count). The van der Waals surface area contributed by atoms with E-state index in [1.54, 1.807) is 18.2 Å². The van der Waals surface area contributed by atoms with Gasteiger partial charge in [-0.15, -0.1) is 11.6 Å². The maximum absolute atomic E-state index is 13.2. The Bertz CT molecular complexity index is 334. The second-order valence-electron chi connectivity index (χ2n) is 2.79. The summed E-state index contributed by atoms with van der Waals surface area (Å²) < 4.78 is 14.0. The van der Waals surface area contributed by atoms with Crippen molar-refractivity contribution in [3.63, 3.8) is 0 Å². The highest BCUT2D eigenvalue weighted by Gasteiger charge is 1.99. The second kappa shape index (κ2) is 4.77. The first-order valence-corrected chi connectivity index (χ1v) is 5.14.